The predicted octanol–water partition coefficient (Wildman–Crippen LogP) is 3.73. The van der Waals surface area contributed by atoms with Crippen molar-refractivity contribution in [3.63, 3.8) is 0 Å². The zero-order valence-corrected chi connectivity index (χ0v) is 13.1. The maximum atomic E-state index is 2.58. The fourth-order valence-corrected chi connectivity index (χ4v) is 2.71. The Balaban J connectivity index is 1.98. The molecule has 1 aliphatic rings. The zero-order chi connectivity index (χ0) is 14.0. The minimum absolute atomic E-state index is 0.299. The molecule has 2 rings (SSSR count). The largest absolute Gasteiger partial charge is 0.369 e. The SMILES string of the molecule is CC(C)c1ccc(N2CCN(C(C)(C)C)CC2)cc1. The highest BCUT2D eigenvalue weighted by Gasteiger charge is 2.25. The summed E-state index contributed by atoms with van der Waals surface area (Å²) < 4.78 is 0. The third kappa shape index (κ3) is 3.50. The Kier molecular flexibility index (Phi) is 4.19. The number of hydrogen-bond donors (Lipinski definition) is 0. The highest BCUT2D eigenvalue weighted by atomic mass is 15.3. The van der Waals surface area contributed by atoms with Gasteiger partial charge in [-0.25, -0.2) is 0 Å². The van der Waals surface area contributed by atoms with Crippen LogP contribution in [0.2, 0.25) is 0 Å². The van der Waals surface area contributed by atoms with Crippen LogP contribution in [-0.2, 0) is 0 Å². The fourth-order valence-electron chi connectivity index (χ4n) is 2.71. The molecular formula is C17H28N2. The summed E-state index contributed by atoms with van der Waals surface area (Å²) in [5.41, 5.74) is 3.10. The van der Waals surface area contributed by atoms with E-state index in [0.29, 0.717) is 11.5 Å². The Morgan fingerprint density at radius 2 is 1.42 bits per heavy atom. The fraction of sp³-hybridized carbons (Fsp3) is 0.647. The van der Waals surface area contributed by atoms with Crippen molar-refractivity contribution in [2.45, 2.75) is 46.1 Å². The van der Waals surface area contributed by atoms with Crippen molar-refractivity contribution in [1.29, 1.82) is 0 Å². The summed E-state index contributed by atoms with van der Waals surface area (Å²) >= 11 is 0. The van der Waals surface area contributed by atoms with Crippen LogP contribution in [0.4, 0.5) is 5.69 Å². The van der Waals surface area contributed by atoms with Crippen molar-refractivity contribution >= 4 is 5.69 Å². The van der Waals surface area contributed by atoms with E-state index in [1.165, 1.54) is 11.3 Å². The highest BCUT2D eigenvalue weighted by Crippen LogP contribution is 2.23. The lowest BCUT2D eigenvalue weighted by Gasteiger charge is -2.43. The smallest absolute Gasteiger partial charge is 0.0367 e. The molecule has 2 heteroatoms. The highest BCUT2D eigenvalue weighted by molar-refractivity contribution is 5.48. The van der Waals surface area contributed by atoms with Crippen molar-refractivity contribution in [1.82, 2.24) is 4.90 Å². The molecule has 106 valence electrons. The molecule has 0 radical (unpaired) electrons. The van der Waals surface area contributed by atoms with Gasteiger partial charge in [0.15, 0.2) is 0 Å². The molecule has 1 fully saturated rings. The zero-order valence-electron chi connectivity index (χ0n) is 13.1. The third-order valence-electron chi connectivity index (χ3n) is 4.15. The van der Waals surface area contributed by atoms with Gasteiger partial charge in [0.25, 0.3) is 0 Å². The summed E-state index contributed by atoms with van der Waals surface area (Å²) in [6.07, 6.45) is 0. The van der Waals surface area contributed by atoms with Gasteiger partial charge in [0, 0.05) is 37.4 Å². The van der Waals surface area contributed by atoms with Crippen molar-refractivity contribution in [2.24, 2.45) is 0 Å². The van der Waals surface area contributed by atoms with Crippen molar-refractivity contribution in [2.75, 3.05) is 31.1 Å². The second kappa shape index (κ2) is 5.54. The summed E-state index contributed by atoms with van der Waals surface area (Å²) in [6.45, 7) is 16.0. The van der Waals surface area contributed by atoms with E-state index in [1.54, 1.807) is 0 Å². The van der Waals surface area contributed by atoms with Gasteiger partial charge in [0.1, 0.15) is 0 Å². The van der Waals surface area contributed by atoms with E-state index in [0.717, 1.165) is 26.2 Å². The molecule has 2 nitrogen and oxygen atoms in total. The summed E-state index contributed by atoms with van der Waals surface area (Å²) in [6, 6.07) is 9.11. The van der Waals surface area contributed by atoms with E-state index in [-0.39, 0.29) is 0 Å². The van der Waals surface area contributed by atoms with E-state index in [1.807, 2.05) is 0 Å². The molecule has 0 amide bonds. The van der Waals surface area contributed by atoms with Gasteiger partial charge in [-0.15, -0.1) is 0 Å². The van der Waals surface area contributed by atoms with Crippen LogP contribution in [0.25, 0.3) is 0 Å². The Bertz CT molecular complexity index is 392. The molecule has 0 bridgehead atoms. The average molecular weight is 260 g/mol. The minimum atomic E-state index is 0.299. The van der Waals surface area contributed by atoms with E-state index >= 15 is 0 Å². The molecule has 1 saturated heterocycles. The number of piperazine rings is 1. The van der Waals surface area contributed by atoms with Gasteiger partial charge in [-0.2, -0.15) is 0 Å². The maximum Gasteiger partial charge on any atom is 0.0367 e. The van der Waals surface area contributed by atoms with Crippen LogP contribution >= 0.6 is 0 Å². The lowest BCUT2D eigenvalue weighted by molar-refractivity contribution is 0.128. The monoisotopic (exact) mass is 260 g/mol. The molecule has 0 saturated carbocycles. The summed E-state index contributed by atoms with van der Waals surface area (Å²) in [7, 11) is 0. The van der Waals surface area contributed by atoms with Crippen LogP contribution in [-0.4, -0.2) is 36.6 Å². The lowest BCUT2D eigenvalue weighted by Crippen LogP contribution is -2.53. The van der Waals surface area contributed by atoms with Gasteiger partial charge in [0.05, 0.1) is 0 Å². The number of anilines is 1. The topological polar surface area (TPSA) is 6.48 Å². The normalized spacial score (nSPS) is 18.1. The van der Waals surface area contributed by atoms with Crippen LogP contribution < -0.4 is 4.90 Å². The van der Waals surface area contributed by atoms with Crippen LogP contribution in [0.1, 0.15) is 46.1 Å². The van der Waals surface area contributed by atoms with Crippen molar-refractivity contribution < 1.29 is 0 Å². The van der Waals surface area contributed by atoms with E-state index in [9.17, 15) is 0 Å². The van der Waals surface area contributed by atoms with Gasteiger partial charge < -0.3 is 4.90 Å². The number of hydrogen-bond acceptors (Lipinski definition) is 2. The summed E-state index contributed by atoms with van der Waals surface area (Å²) in [4.78, 5) is 5.08. The molecule has 0 unspecified atom stereocenters. The Morgan fingerprint density at radius 3 is 1.84 bits per heavy atom. The quantitative estimate of drug-likeness (QED) is 0.799. The molecule has 1 aromatic rings. The van der Waals surface area contributed by atoms with Gasteiger partial charge >= 0.3 is 0 Å². The molecular weight excluding hydrogens is 232 g/mol. The Labute approximate surface area is 118 Å². The molecule has 1 heterocycles. The predicted molar refractivity (Wildman–Crippen MR) is 84.1 cm³/mol. The first-order valence-electron chi connectivity index (χ1n) is 7.48. The number of nitrogens with zero attached hydrogens (tertiary/aromatic N) is 2. The molecule has 1 aromatic carbocycles. The molecule has 1 aliphatic heterocycles. The van der Waals surface area contributed by atoms with Gasteiger partial charge in [-0.3, -0.25) is 4.90 Å². The Morgan fingerprint density at radius 1 is 0.895 bits per heavy atom. The number of benzene rings is 1. The Hall–Kier alpha value is -1.02. The molecule has 0 atom stereocenters. The molecule has 19 heavy (non-hydrogen) atoms. The van der Waals surface area contributed by atoms with Crippen LogP contribution in [0.5, 0.6) is 0 Å². The molecule has 0 N–H and O–H groups in total. The first kappa shape index (κ1) is 14.4. The van der Waals surface area contributed by atoms with Crippen molar-refractivity contribution in [3.05, 3.63) is 29.8 Å². The van der Waals surface area contributed by atoms with Crippen LogP contribution in [0.15, 0.2) is 24.3 Å². The first-order valence-corrected chi connectivity index (χ1v) is 7.48. The number of rotatable bonds is 2. The molecule has 0 spiro atoms. The van der Waals surface area contributed by atoms with Crippen LogP contribution in [0.3, 0.4) is 0 Å². The minimum Gasteiger partial charge on any atom is -0.369 e. The summed E-state index contributed by atoms with van der Waals surface area (Å²) in [5.74, 6) is 0.617. The van der Waals surface area contributed by atoms with E-state index in [2.05, 4.69) is 68.7 Å². The molecule has 0 aliphatic carbocycles. The third-order valence-corrected chi connectivity index (χ3v) is 4.15. The lowest BCUT2D eigenvalue weighted by atomic mass is 10.0. The second-order valence-corrected chi connectivity index (χ2v) is 6.89. The van der Waals surface area contributed by atoms with Gasteiger partial charge in [-0.05, 0) is 44.4 Å². The molecule has 0 aromatic heterocycles. The van der Waals surface area contributed by atoms with Gasteiger partial charge in [0.2, 0.25) is 0 Å². The van der Waals surface area contributed by atoms with Crippen LogP contribution in [0, 0.1) is 0 Å². The van der Waals surface area contributed by atoms with Gasteiger partial charge in [-0.1, -0.05) is 26.0 Å². The van der Waals surface area contributed by atoms with Crippen molar-refractivity contribution in [3.8, 4) is 0 Å². The maximum absolute atomic E-state index is 2.58. The average Bonchev–Trinajstić information content (AvgIpc) is 2.38. The summed E-state index contributed by atoms with van der Waals surface area (Å²) in [5, 5.41) is 0. The standard InChI is InChI=1S/C17H28N2/c1-14(2)15-6-8-16(9-7-15)18-10-12-19(13-11-18)17(3,4)5/h6-9,14H,10-13H2,1-5H3. The van der Waals surface area contributed by atoms with E-state index < -0.39 is 0 Å². The van der Waals surface area contributed by atoms with E-state index in [4.69, 9.17) is 0 Å². The first-order chi connectivity index (χ1) is 8.88. The second-order valence-electron chi connectivity index (χ2n) is 6.89.